The Morgan fingerprint density at radius 3 is 2.44 bits per heavy atom. The fraction of sp³-hybridized carbons (Fsp3) is 0.381. The molecule has 0 radical (unpaired) electrons. The first-order valence-electron chi connectivity index (χ1n) is 9.33. The van der Waals surface area contributed by atoms with Gasteiger partial charge in [-0.05, 0) is 48.9 Å². The van der Waals surface area contributed by atoms with Crippen molar-refractivity contribution in [3.63, 3.8) is 0 Å². The SMILES string of the molecule is Cc1ccc(S(=O)(=O)N2CCCC2)cc1C(=O)NC[C@H](C)c1ccccc1. The van der Waals surface area contributed by atoms with Crippen LogP contribution in [0.1, 0.15) is 47.2 Å². The van der Waals surface area contributed by atoms with E-state index >= 15 is 0 Å². The summed E-state index contributed by atoms with van der Waals surface area (Å²) in [5.41, 5.74) is 2.33. The van der Waals surface area contributed by atoms with Crippen LogP contribution in [0.25, 0.3) is 0 Å². The van der Waals surface area contributed by atoms with Crippen LogP contribution < -0.4 is 5.32 Å². The molecule has 0 unspecified atom stereocenters. The third-order valence-electron chi connectivity index (χ3n) is 5.09. The Hall–Kier alpha value is -2.18. The van der Waals surface area contributed by atoms with E-state index in [0.29, 0.717) is 25.2 Å². The third kappa shape index (κ3) is 4.39. The summed E-state index contributed by atoms with van der Waals surface area (Å²) in [5.74, 6) is -0.0688. The van der Waals surface area contributed by atoms with Crippen molar-refractivity contribution >= 4 is 15.9 Å². The van der Waals surface area contributed by atoms with Crippen LogP contribution in [-0.4, -0.2) is 38.3 Å². The van der Waals surface area contributed by atoms with E-state index in [0.717, 1.165) is 24.0 Å². The predicted octanol–water partition coefficient (Wildman–Crippen LogP) is 3.31. The molecule has 2 aromatic rings. The maximum atomic E-state index is 12.8. The van der Waals surface area contributed by atoms with Crippen LogP contribution in [0.2, 0.25) is 0 Å². The Balaban J connectivity index is 1.75. The molecular weight excluding hydrogens is 360 g/mol. The maximum Gasteiger partial charge on any atom is 0.251 e. The van der Waals surface area contributed by atoms with Crippen LogP contribution in [0.3, 0.4) is 0 Å². The number of hydrogen-bond acceptors (Lipinski definition) is 3. The average Bonchev–Trinajstić information content (AvgIpc) is 3.22. The van der Waals surface area contributed by atoms with Gasteiger partial charge in [0.2, 0.25) is 10.0 Å². The van der Waals surface area contributed by atoms with Crippen molar-refractivity contribution in [3.8, 4) is 0 Å². The molecule has 27 heavy (non-hydrogen) atoms. The molecule has 0 bridgehead atoms. The number of hydrogen-bond donors (Lipinski definition) is 1. The van der Waals surface area contributed by atoms with E-state index in [1.54, 1.807) is 12.1 Å². The van der Waals surface area contributed by atoms with Crippen LogP contribution in [0.15, 0.2) is 53.4 Å². The Morgan fingerprint density at radius 1 is 1.11 bits per heavy atom. The van der Waals surface area contributed by atoms with Gasteiger partial charge in [-0.1, -0.05) is 43.3 Å². The van der Waals surface area contributed by atoms with Crippen molar-refractivity contribution in [3.05, 3.63) is 65.2 Å². The summed E-state index contributed by atoms with van der Waals surface area (Å²) in [4.78, 5) is 12.9. The monoisotopic (exact) mass is 386 g/mol. The second-order valence-corrected chi connectivity index (χ2v) is 9.05. The summed E-state index contributed by atoms with van der Waals surface area (Å²) in [7, 11) is -3.53. The average molecular weight is 387 g/mol. The number of nitrogens with one attached hydrogen (secondary N) is 1. The number of carbonyl (C=O) groups excluding carboxylic acids is 1. The molecule has 2 aromatic carbocycles. The predicted molar refractivity (Wildman–Crippen MR) is 106 cm³/mol. The number of aryl methyl sites for hydroxylation is 1. The first-order valence-corrected chi connectivity index (χ1v) is 10.8. The topological polar surface area (TPSA) is 66.5 Å². The lowest BCUT2D eigenvalue weighted by Crippen LogP contribution is -2.30. The van der Waals surface area contributed by atoms with Gasteiger partial charge < -0.3 is 5.32 Å². The molecule has 1 heterocycles. The van der Waals surface area contributed by atoms with Crippen molar-refractivity contribution in [2.75, 3.05) is 19.6 Å². The molecule has 5 nitrogen and oxygen atoms in total. The smallest absolute Gasteiger partial charge is 0.251 e. The van der Waals surface area contributed by atoms with Crippen molar-refractivity contribution < 1.29 is 13.2 Å². The highest BCUT2D eigenvalue weighted by molar-refractivity contribution is 7.89. The third-order valence-corrected chi connectivity index (χ3v) is 6.99. The van der Waals surface area contributed by atoms with Crippen LogP contribution in [-0.2, 0) is 10.0 Å². The fourth-order valence-electron chi connectivity index (χ4n) is 3.32. The van der Waals surface area contributed by atoms with Gasteiger partial charge in [0.25, 0.3) is 5.91 Å². The summed E-state index contributed by atoms with van der Waals surface area (Å²) in [6, 6.07) is 14.8. The molecule has 0 aromatic heterocycles. The largest absolute Gasteiger partial charge is 0.351 e. The number of rotatable bonds is 6. The van der Waals surface area contributed by atoms with E-state index in [-0.39, 0.29) is 16.7 Å². The summed E-state index contributed by atoms with van der Waals surface area (Å²) in [5, 5.41) is 2.94. The second kappa shape index (κ2) is 8.23. The highest BCUT2D eigenvalue weighted by Gasteiger charge is 2.28. The lowest BCUT2D eigenvalue weighted by Gasteiger charge is -2.17. The molecule has 1 saturated heterocycles. The van der Waals surface area contributed by atoms with E-state index in [1.165, 1.54) is 10.4 Å². The highest BCUT2D eigenvalue weighted by atomic mass is 32.2. The Morgan fingerprint density at radius 2 is 1.78 bits per heavy atom. The van der Waals surface area contributed by atoms with Crippen molar-refractivity contribution in [2.45, 2.75) is 37.5 Å². The highest BCUT2D eigenvalue weighted by Crippen LogP contribution is 2.23. The van der Waals surface area contributed by atoms with Gasteiger partial charge in [0.15, 0.2) is 0 Å². The minimum Gasteiger partial charge on any atom is -0.351 e. The number of sulfonamides is 1. The summed E-state index contributed by atoms with van der Waals surface area (Å²) in [6.07, 6.45) is 1.77. The van der Waals surface area contributed by atoms with Gasteiger partial charge in [0.05, 0.1) is 4.90 Å². The van der Waals surface area contributed by atoms with Gasteiger partial charge in [0.1, 0.15) is 0 Å². The number of benzene rings is 2. The molecule has 3 rings (SSSR count). The molecule has 6 heteroatoms. The number of amides is 1. The van der Waals surface area contributed by atoms with E-state index in [9.17, 15) is 13.2 Å². The summed E-state index contributed by atoms with van der Waals surface area (Å²) >= 11 is 0. The zero-order chi connectivity index (χ0) is 19.4. The van der Waals surface area contributed by atoms with Crippen molar-refractivity contribution in [1.29, 1.82) is 0 Å². The number of nitrogens with zero attached hydrogens (tertiary/aromatic N) is 1. The molecule has 1 aliphatic rings. The molecule has 0 spiro atoms. The minimum atomic E-state index is -3.53. The van der Waals surface area contributed by atoms with Crippen LogP contribution in [0.4, 0.5) is 0 Å². The van der Waals surface area contributed by atoms with Crippen LogP contribution >= 0.6 is 0 Å². The van der Waals surface area contributed by atoms with Gasteiger partial charge in [-0.15, -0.1) is 0 Å². The first-order chi connectivity index (χ1) is 12.9. The Bertz CT molecular complexity index is 904. The molecule has 144 valence electrons. The maximum absolute atomic E-state index is 12.8. The zero-order valence-electron chi connectivity index (χ0n) is 15.8. The van der Waals surface area contributed by atoms with Crippen LogP contribution in [0, 0.1) is 6.92 Å². The van der Waals surface area contributed by atoms with E-state index in [2.05, 4.69) is 12.2 Å². The summed E-state index contributed by atoms with van der Waals surface area (Å²) < 4.78 is 27.0. The zero-order valence-corrected chi connectivity index (χ0v) is 16.6. The van der Waals surface area contributed by atoms with Crippen LogP contribution in [0.5, 0.6) is 0 Å². The molecule has 1 aliphatic heterocycles. The van der Waals surface area contributed by atoms with Gasteiger partial charge in [-0.25, -0.2) is 8.42 Å². The lowest BCUT2D eigenvalue weighted by molar-refractivity contribution is 0.0951. The second-order valence-electron chi connectivity index (χ2n) is 7.11. The van der Waals surface area contributed by atoms with Gasteiger partial charge in [-0.3, -0.25) is 4.79 Å². The van der Waals surface area contributed by atoms with E-state index in [1.807, 2.05) is 37.3 Å². The molecule has 1 fully saturated rings. The Labute approximate surface area is 161 Å². The van der Waals surface area contributed by atoms with Gasteiger partial charge >= 0.3 is 0 Å². The molecule has 1 atom stereocenters. The fourth-order valence-corrected chi connectivity index (χ4v) is 4.87. The van der Waals surface area contributed by atoms with Crippen molar-refractivity contribution in [1.82, 2.24) is 9.62 Å². The molecule has 0 saturated carbocycles. The summed E-state index contributed by atoms with van der Waals surface area (Å²) in [6.45, 7) is 5.46. The number of carbonyl (C=O) groups is 1. The van der Waals surface area contributed by atoms with Gasteiger partial charge in [-0.2, -0.15) is 4.31 Å². The van der Waals surface area contributed by atoms with Gasteiger partial charge in [0, 0.05) is 25.2 Å². The standard InChI is InChI=1S/C21H26N2O3S/c1-16-10-11-19(27(25,26)23-12-6-7-13-23)14-20(16)21(24)22-15-17(2)18-8-4-3-5-9-18/h3-5,8-11,14,17H,6-7,12-13,15H2,1-2H3,(H,22,24)/t17-/m0/s1. The Kier molecular flexibility index (Phi) is 5.97. The molecular formula is C21H26N2O3S. The van der Waals surface area contributed by atoms with E-state index < -0.39 is 10.0 Å². The van der Waals surface area contributed by atoms with Crippen molar-refractivity contribution in [2.24, 2.45) is 0 Å². The lowest BCUT2D eigenvalue weighted by atomic mass is 10.0. The molecule has 0 aliphatic carbocycles. The molecule has 1 amide bonds. The molecule has 1 N–H and O–H groups in total. The van der Waals surface area contributed by atoms with E-state index in [4.69, 9.17) is 0 Å². The quantitative estimate of drug-likeness (QED) is 0.828. The normalized spacial score (nSPS) is 16.2. The minimum absolute atomic E-state index is 0.173. The first kappa shape index (κ1) is 19.6.